The van der Waals surface area contributed by atoms with Gasteiger partial charge in [-0.05, 0) is 66.8 Å². The molecule has 5 rings (SSSR count). The Kier molecular flexibility index (Phi) is 6.20. The van der Waals surface area contributed by atoms with Crippen molar-refractivity contribution in [1.29, 1.82) is 0 Å². The van der Waals surface area contributed by atoms with Crippen molar-refractivity contribution < 1.29 is 18.7 Å². The summed E-state index contributed by atoms with van der Waals surface area (Å²) >= 11 is 0. The molecule has 0 aliphatic carbocycles. The van der Waals surface area contributed by atoms with Crippen molar-refractivity contribution >= 4 is 16.8 Å². The fourth-order valence-corrected chi connectivity index (χ4v) is 5.17. The van der Waals surface area contributed by atoms with Gasteiger partial charge < -0.3 is 18.9 Å². The summed E-state index contributed by atoms with van der Waals surface area (Å²) in [6.45, 7) is 3.44. The predicted molar refractivity (Wildman–Crippen MR) is 135 cm³/mol. The average Bonchev–Trinajstić information content (AvgIpc) is 3.27. The molecule has 1 aliphatic heterocycles. The minimum atomic E-state index is -0.274. The van der Waals surface area contributed by atoms with Crippen molar-refractivity contribution in [3.8, 4) is 11.5 Å². The average molecular weight is 473 g/mol. The van der Waals surface area contributed by atoms with Crippen molar-refractivity contribution in [3.63, 3.8) is 0 Å². The second-order valence-electron chi connectivity index (χ2n) is 8.85. The molecule has 5 nitrogen and oxygen atoms in total. The molecule has 2 heterocycles. The van der Waals surface area contributed by atoms with E-state index < -0.39 is 0 Å². The zero-order valence-electron chi connectivity index (χ0n) is 20.3. The van der Waals surface area contributed by atoms with Gasteiger partial charge in [0.15, 0.2) is 11.5 Å². The molecule has 1 unspecified atom stereocenters. The van der Waals surface area contributed by atoms with Gasteiger partial charge in [0, 0.05) is 30.2 Å². The number of benzene rings is 3. The van der Waals surface area contributed by atoms with Crippen LogP contribution in [0.25, 0.3) is 10.9 Å². The van der Waals surface area contributed by atoms with Crippen LogP contribution in [0, 0.1) is 5.82 Å². The summed E-state index contributed by atoms with van der Waals surface area (Å²) in [4.78, 5) is 16.0. The van der Waals surface area contributed by atoms with Crippen LogP contribution in [0.5, 0.6) is 11.5 Å². The monoisotopic (exact) mass is 472 g/mol. The van der Waals surface area contributed by atoms with Gasteiger partial charge in [-0.15, -0.1) is 0 Å². The number of halogens is 1. The van der Waals surface area contributed by atoms with Crippen LogP contribution in [0.3, 0.4) is 0 Å². The van der Waals surface area contributed by atoms with Crippen LogP contribution in [-0.4, -0.2) is 36.1 Å². The number of aromatic nitrogens is 1. The van der Waals surface area contributed by atoms with Gasteiger partial charge in [0.25, 0.3) is 5.91 Å². The molecule has 180 valence electrons. The molecule has 6 heteroatoms. The Hall–Kier alpha value is -3.80. The van der Waals surface area contributed by atoms with Crippen LogP contribution >= 0.6 is 0 Å². The molecule has 0 bridgehead atoms. The quantitative estimate of drug-likeness (QED) is 0.356. The van der Waals surface area contributed by atoms with Gasteiger partial charge in [-0.3, -0.25) is 4.79 Å². The summed E-state index contributed by atoms with van der Waals surface area (Å²) < 4.78 is 26.8. The molecule has 0 N–H and O–H groups in total. The predicted octanol–water partition coefficient (Wildman–Crippen LogP) is 5.80. The summed E-state index contributed by atoms with van der Waals surface area (Å²) in [6.07, 6.45) is 3.25. The number of para-hydroxylation sites is 1. The molecule has 1 aromatic heterocycles. The van der Waals surface area contributed by atoms with Crippen molar-refractivity contribution in [1.82, 2.24) is 9.47 Å². The molecule has 0 fully saturated rings. The smallest absolute Gasteiger partial charge is 0.256 e. The van der Waals surface area contributed by atoms with Gasteiger partial charge in [0.1, 0.15) is 5.82 Å². The van der Waals surface area contributed by atoms with Gasteiger partial charge in [0.2, 0.25) is 0 Å². The lowest BCUT2D eigenvalue weighted by Gasteiger charge is -2.38. The number of hydrogen-bond donors (Lipinski definition) is 0. The van der Waals surface area contributed by atoms with Crippen LogP contribution in [0.2, 0.25) is 0 Å². The topological polar surface area (TPSA) is 43.7 Å². The molecule has 1 aliphatic rings. The zero-order valence-corrected chi connectivity index (χ0v) is 20.3. The number of methoxy groups -OCH3 is 2. The molecule has 0 saturated carbocycles. The third-order valence-corrected chi connectivity index (χ3v) is 6.97. The van der Waals surface area contributed by atoms with E-state index in [9.17, 15) is 9.18 Å². The SMILES string of the molecule is CCn1cc(C(=O)N2CCc3cc(OC)c(OC)cc3C2Cc2ccc(F)cc2)c2ccccc21. The second kappa shape index (κ2) is 9.45. The molecular formula is C29H29FN2O3. The second-order valence-corrected chi connectivity index (χ2v) is 8.85. The lowest BCUT2D eigenvalue weighted by molar-refractivity contribution is 0.0661. The Balaban J connectivity index is 1.61. The maximum absolute atomic E-state index is 14.1. The number of hydrogen-bond acceptors (Lipinski definition) is 3. The number of aryl methyl sites for hydroxylation is 1. The van der Waals surface area contributed by atoms with Crippen molar-refractivity contribution in [3.05, 3.63) is 94.9 Å². The third-order valence-electron chi connectivity index (χ3n) is 6.97. The molecule has 35 heavy (non-hydrogen) atoms. The Bertz CT molecular complexity index is 1380. The van der Waals surface area contributed by atoms with E-state index in [1.165, 1.54) is 12.1 Å². The fraction of sp³-hybridized carbons (Fsp3) is 0.276. The molecular weight excluding hydrogens is 443 g/mol. The van der Waals surface area contributed by atoms with Gasteiger partial charge in [0.05, 0.1) is 25.8 Å². The number of ether oxygens (including phenoxy) is 2. The summed E-state index contributed by atoms with van der Waals surface area (Å²) in [6, 6.07) is 18.3. The molecule has 1 atom stereocenters. The van der Waals surface area contributed by atoms with E-state index in [1.807, 2.05) is 47.5 Å². The Morgan fingerprint density at radius 1 is 1.03 bits per heavy atom. The van der Waals surface area contributed by atoms with Crippen LogP contribution in [0.15, 0.2) is 66.9 Å². The van der Waals surface area contributed by atoms with Crippen molar-refractivity contribution in [2.75, 3.05) is 20.8 Å². The van der Waals surface area contributed by atoms with E-state index >= 15 is 0 Å². The first-order chi connectivity index (χ1) is 17.0. The number of carbonyl (C=O) groups excluding carboxylic acids is 1. The lowest BCUT2D eigenvalue weighted by atomic mass is 9.87. The number of carbonyl (C=O) groups is 1. The van der Waals surface area contributed by atoms with E-state index in [4.69, 9.17) is 9.47 Å². The molecule has 4 aromatic rings. The Morgan fingerprint density at radius 2 is 1.74 bits per heavy atom. The maximum Gasteiger partial charge on any atom is 0.256 e. The highest BCUT2D eigenvalue weighted by Gasteiger charge is 2.34. The Morgan fingerprint density at radius 3 is 2.46 bits per heavy atom. The molecule has 3 aromatic carbocycles. The largest absolute Gasteiger partial charge is 0.493 e. The zero-order chi connectivity index (χ0) is 24.5. The summed E-state index contributed by atoms with van der Waals surface area (Å²) in [5.74, 6) is 1.04. The van der Waals surface area contributed by atoms with Gasteiger partial charge in [-0.1, -0.05) is 30.3 Å². The molecule has 0 spiro atoms. The number of amides is 1. The molecule has 0 saturated heterocycles. The first-order valence-electron chi connectivity index (χ1n) is 11.9. The molecule has 1 amide bonds. The maximum atomic E-state index is 14.1. The normalized spacial score (nSPS) is 15.2. The summed E-state index contributed by atoms with van der Waals surface area (Å²) in [5.41, 5.74) is 4.89. The summed E-state index contributed by atoms with van der Waals surface area (Å²) in [5, 5.41) is 0.956. The highest BCUT2D eigenvalue weighted by molar-refractivity contribution is 6.07. The van der Waals surface area contributed by atoms with E-state index in [0.29, 0.717) is 36.4 Å². The fourth-order valence-electron chi connectivity index (χ4n) is 5.17. The summed E-state index contributed by atoms with van der Waals surface area (Å²) in [7, 11) is 3.24. The third kappa shape index (κ3) is 4.14. The molecule has 0 radical (unpaired) electrons. The van der Waals surface area contributed by atoms with Crippen LogP contribution in [0.4, 0.5) is 4.39 Å². The minimum Gasteiger partial charge on any atom is -0.493 e. The van der Waals surface area contributed by atoms with Crippen molar-refractivity contribution in [2.45, 2.75) is 32.4 Å². The lowest BCUT2D eigenvalue weighted by Crippen LogP contribution is -2.41. The van der Waals surface area contributed by atoms with Crippen molar-refractivity contribution in [2.24, 2.45) is 0 Å². The van der Waals surface area contributed by atoms with Gasteiger partial charge >= 0.3 is 0 Å². The standard InChI is InChI=1S/C29H29FN2O3/c1-4-31-18-24(22-7-5-6-8-25(22)31)29(33)32-14-13-20-16-27(34-2)28(35-3)17-23(20)26(32)15-19-9-11-21(30)12-10-19/h5-12,16-18,26H,4,13-15H2,1-3H3. The van der Waals surface area contributed by atoms with E-state index in [-0.39, 0.29) is 17.8 Å². The van der Waals surface area contributed by atoms with Crippen LogP contribution < -0.4 is 9.47 Å². The van der Waals surface area contributed by atoms with Gasteiger partial charge in [-0.25, -0.2) is 4.39 Å². The van der Waals surface area contributed by atoms with E-state index in [2.05, 4.69) is 11.5 Å². The Labute approximate surface area is 204 Å². The van der Waals surface area contributed by atoms with E-state index in [0.717, 1.165) is 34.1 Å². The van der Waals surface area contributed by atoms with Crippen LogP contribution in [0.1, 0.15) is 40.0 Å². The first kappa shape index (κ1) is 23.0. The highest BCUT2D eigenvalue weighted by atomic mass is 19.1. The number of rotatable bonds is 6. The number of fused-ring (bicyclic) bond motifs is 2. The number of nitrogens with zero attached hydrogens (tertiary/aromatic N) is 2. The minimum absolute atomic E-state index is 0.000876. The highest BCUT2D eigenvalue weighted by Crippen LogP contribution is 2.40. The first-order valence-corrected chi connectivity index (χ1v) is 11.9. The van der Waals surface area contributed by atoms with Gasteiger partial charge in [-0.2, -0.15) is 0 Å². The van der Waals surface area contributed by atoms with Crippen LogP contribution in [-0.2, 0) is 19.4 Å². The van der Waals surface area contributed by atoms with E-state index in [1.54, 1.807) is 26.4 Å².